The largest absolute Gasteiger partial charge is 0.573 e. The molecule has 182 valence electrons. The lowest BCUT2D eigenvalue weighted by molar-refractivity contribution is -0.274. The smallest absolute Gasteiger partial charge is 0.406 e. The van der Waals surface area contributed by atoms with Crippen molar-refractivity contribution in [3.63, 3.8) is 0 Å². The van der Waals surface area contributed by atoms with Gasteiger partial charge < -0.3 is 20.9 Å². The molecule has 2 aromatic carbocycles. The lowest BCUT2D eigenvalue weighted by Gasteiger charge is -2.15. The number of benzene rings is 2. The minimum Gasteiger partial charge on any atom is -0.406 e. The van der Waals surface area contributed by atoms with Gasteiger partial charge >= 0.3 is 6.36 Å². The van der Waals surface area contributed by atoms with E-state index in [2.05, 4.69) is 19.8 Å². The standard InChI is InChI=1S/C21H15F5N6O3/c1-9-16-17(19(27)29-8-28-16)32(31-9)15-7-12(22)14(6-13(15)23)30-20(34)18(33)10-3-2-4-11(5-10)35-21(24,25)26/h2-8,18,33H,1H3,(H,30,34)(H2,27,28,29). The molecule has 0 aliphatic carbocycles. The highest BCUT2D eigenvalue weighted by Gasteiger charge is 2.31. The summed E-state index contributed by atoms with van der Waals surface area (Å²) in [4.78, 5) is 20.2. The molecule has 4 N–H and O–H groups in total. The summed E-state index contributed by atoms with van der Waals surface area (Å²) in [6.45, 7) is 1.59. The first-order chi connectivity index (χ1) is 16.4. The van der Waals surface area contributed by atoms with Crippen LogP contribution in [0.3, 0.4) is 0 Å². The van der Waals surface area contributed by atoms with E-state index in [9.17, 15) is 31.9 Å². The first kappa shape index (κ1) is 23.8. The zero-order valence-electron chi connectivity index (χ0n) is 17.6. The summed E-state index contributed by atoms with van der Waals surface area (Å²) >= 11 is 0. The number of amides is 1. The maximum atomic E-state index is 14.9. The lowest BCUT2D eigenvalue weighted by Crippen LogP contribution is -2.22. The van der Waals surface area contributed by atoms with E-state index in [0.717, 1.165) is 35.0 Å². The number of alkyl halides is 3. The Bertz CT molecular complexity index is 1440. The molecule has 0 spiro atoms. The number of nitrogens with two attached hydrogens (primary N) is 1. The van der Waals surface area contributed by atoms with E-state index in [1.165, 1.54) is 6.33 Å². The Morgan fingerprint density at radius 3 is 2.63 bits per heavy atom. The Balaban J connectivity index is 1.61. The Morgan fingerprint density at radius 2 is 1.91 bits per heavy atom. The van der Waals surface area contributed by atoms with Crippen LogP contribution >= 0.6 is 0 Å². The number of nitrogens with one attached hydrogen (secondary N) is 1. The number of carbonyl (C=O) groups is 1. The molecule has 0 radical (unpaired) electrons. The summed E-state index contributed by atoms with van der Waals surface area (Å²) in [6.07, 6.45) is -5.80. The molecule has 4 aromatic rings. The number of aryl methyl sites for hydroxylation is 1. The lowest BCUT2D eigenvalue weighted by atomic mass is 10.1. The summed E-state index contributed by atoms with van der Waals surface area (Å²) in [7, 11) is 0. The van der Waals surface area contributed by atoms with Crippen LogP contribution in [0, 0.1) is 18.6 Å². The molecule has 2 aromatic heterocycles. The van der Waals surface area contributed by atoms with E-state index >= 15 is 0 Å². The molecule has 1 atom stereocenters. The van der Waals surface area contributed by atoms with Crippen LogP contribution in [-0.2, 0) is 4.79 Å². The molecule has 1 amide bonds. The highest BCUT2D eigenvalue weighted by molar-refractivity contribution is 5.95. The van der Waals surface area contributed by atoms with E-state index in [4.69, 9.17) is 5.73 Å². The summed E-state index contributed by atoms with van der Waals surface area (Å²) in [5.41, 5.74) is 5.45. The molecule has 1 unspecified atom stereocenters. The van der Waals surface area contributed by atoms with Crippen molar-refractivity contribution >= 4 is 28.4 Å². The van der Waals surface area contributed by atoms with Crippen molar-refractivity contribution in [3.05, 3.63) is 65.6 Å². The number of anilines is 2. The van der Waals surface area contributed by atoms with Gasteiger partial charge in [0.05, 0.1) is 11.4 Å². The topological polar surface area (TPSA) is 128 Å². The number of aliphatic hydroxyl groups excluding tert-OH is 1. The number of hydrogen-bond acceptors (Lipinski definition) is 7. The van der Waals surface area contributed by atoms with Crippen LogP contribution in [-0.4, -0.2) is 37.1 Å². The Hall–Kier alpha value is -4.33. The minimum atomic E-state index is -4.98. The maximum Gasteiger partial charge on any atom is 0.573 e. The van der Waals surface area contributed by atoms with Crippen molar-refractivity contribution in [1.82, 2.24) is 19.7 Å². The van der Waals surface area contributed by atoms with Gasteiger partial charge in [-0.15, -0.1) is 13.2 Å². The second-order valence-corrected chi connectivity index (χ2v) is 7.25. The quantitative estimate of drug-likeness (QED) is 0.362. The number of nitrogen functional groups attached to an aromatic ring is 1. The number of halogens is 5. The molecule has 14 heteroatoms. The molecule has 0 fully saturated rings. The van der Waals surface area contributed by atoms with Gasteiger partial charge in [0.1, 0.15) is 34.6 Å². The van der Waals surface area contributed by atoms with Gasteiger partial charge in [-0.25, -0.2) is 23.4 Å². The first-order valence-electron chi connectivity index (χ1n) is 9.74. The summed E-state index contributed by atoms with van der Waals surface area (Å²) < 4.78 is 71.7. The minimum absolute atomic E-state index is 0.0207. The van der Waals surface area contributed by atoms with E-state index in [1.54, 1.807) is 6.92 Å². The molecule has 35 heavy (non-hydrogen) atoms. The number of hydrogen-bond donors (Lipinski definition) is 3. The van der Waals surface area contributed by atoms with Gasteiger partial charge in [-0.2, -0.15) is 5.10 Å². The number of nitrogens with zero attached hydrogens (tertiary/aromatic N) is 4. The highest BCUT2D eigenvalue weighted by atomic mass is 19.4. The summed E-state index contributed by atoms with van der Waals surface area (Å²) in [5.74, 6) is -4.02. The molecule has 4 rings (SSSR count). The number of ether oxygens (including phenoxy) is 1. The van der Waals surface area contributed by atoms with Gasteiger partial charge in [0.25, 0.3) is 5.91 Å². The van der Waals surface area contributed by atoms with Gasteiger partial charge in [0.15, 0.2) is 17.7 Å². The molecule has 2 heterocycles. The molecule has 0 saturated heterocycles. The Kier molecular flexibility index (Phi) is 5.98. The van der Waals surface area contributed by atoms with Crippen LogP contribution in [0.2, 0.25) is 0 Å². The van der Waals surface area contributed by atoms with Crippen molar-refractivity contribution in [2.45, 2.75) is 19.4 Å². The van der Waals surface area contributed by atoms with Crippen molar-refractivity contribution in [1.29, 1.82) is 0 Å². The molecule has 0 saturated carbocycles. The predicted molar refractivity (Wildman–Crippen MR) is 112 cm³/mol. The fourth-order valence-corrected chi connectivity index (χ4v) is 3.32. The zero-order chi connectivity index (χ0) is 25.5. The van der Waals surface area contributed by atoms with Crippen molar-refractivity contribution < 1.29 is 36.6 Å². The Morgan fingerprint density at radius 1 is 1.17 bits per heavy atom. The number of aromatic nitrogens is 4. The van der Waals surface area contributed by atoms with Gasteiger partial charge in [-0.1, -0.05) is 12.1 Å². The van der Waals surface area contributed by atoms with Crippen LogP contribution in [0.5, 0.6) is 5.75 Å². The van der Waals surface area contributed by atoms with E-state index in [-0.39, 0.29) is 22.6 Å². The molecular formula is C21H15F5N6O3. The van der Waals surface area contributed by atoms with Gasteiger partial charge in [-0.05, 0) is 24.6 Å². The monoisotopic (exact) mass is 494 g/mol. The molecule has 9 nitrogen and oxygen atoms in total. The van der Waals surface area contributed by atoms with Crippen LogP contribution in [0.1, 0.15) is 17.4 Å². The highest BCUT2D eigenvalue weighted by Crippen LogP contribution is 2.29. The number of rotatable bonds is 5. The normalized spacial score (nSPS) is 12.5. The summed E-state index contributed by atoms with van der Waals surface area (Å²) in [5, 5.41) is 16.3. The second-order valence-electron chi connectivity index (χ2n) is 7.25. The third-order valence-electron chi connectivity index (χ3n) is 4.83. The SMILES string of the molecule is Cc1nn(-c2cc(F)c(NC(=O)C(O)c3cccc(OC(F)(F)F)c3)cc2F)c2c(N)ncnc12. The Labute approximate surface area is 193 Å². The summed E-state index contributed by atoms with van der Waals surface area (Å²) in [6, 6.07) is 5.43. The maximum absolute atomic E-state index is 14.9. The molecule has 0 aliphatic rings. The fraction of sp³-hybridized carbons (Fsp3) is 0.143. The third kappa shape index (κ3) is 4.82. The first-order valence-corrected chi connectivity index (χ1v) is 9.74. The van der Waals surface area contributed by atoms with E-state index in [0.29, 0.717) is 17.3 Å². The predicted octanol–water partition coefficient (Wildman–Crippen LogP) is 3.56. The van der Waals surface area contributed by atoms with E-state index < -0.39 is 41.4 Å². The number of carbonyl (C=O) groups excluding carboxylic acids is 1. The number of aliphatic hydroxyl groups is 1. The fourth-order valence-electron chi connectivity index (χ4n) is 3.32. The van der Waals surface area contributed by atoms with Gasteiger partial charge in [-0.3, -0.25) is 4.79 Å². The third-order valence-corrected chi connectivity index (χ3v) is 4.83. The molecular weight excluding hydrogens is 479 g/mol. The molecule has 0 aliphatic heterocycles. The van der Waals surface area contributed by atoms with Crippen LogP contribution in [0.25, 0.3) is 16.7 Å². The van der Waals surface area contributed by atoms with Crippen LogP contribution in [0.15, 0.2) is 42.7 Å². The van der Waals surface area contributed by atoms with Crippen LogP contribution < -0.4 is 15.8 Å². The average molecular weight is 494 g/mol. The number of fused-ring (bicyclic) bond motifs is 1. The second kappa shape index (κ2) is 8.79. The van der Waals surface area contributed by atoms with Crippen molar-refractivity contribution in [3.8, 4) is 11.4 Å². The van der Waals surface area contributed by atoms with Crippen molar-refractivity contribution in [2.75, 3.05) is 11.1 Å². The van der Waals surface area contributed by atoms with Crippen molar-refractivity contribution in [2.24, 2.45) is 0 Å². The average Bonchev–Trinajstić information content (AvgIpc) is 3.12. The van der Waals surface area contributed by atoms with Crippen LogP contribution in [0.4, 0.5) is 33.5 Å². The zero-order valence-corrected chi connectivity index (χ0v) is 17.6. The van der Waals surface area contributed by atoms with Gasteiger partial charge in [0, 0.05) is 12.1 Å². The van der Waals surface area contributed by atoms with Gasteiger partial charge in [0.2, 0.25) is 0 Å². The molecule has 0 bridgehead atoms. The van der Waals surface area contributed by atoms with E-state index in [1.807, 2.05) is 5.32 Å².